The van der Waals surface area contributed by atoms with E-state index in [-0.39, 0.29) is 24.2 Å². The first-order valence-corrected chi connectivity index (χ1v) is 4.58. The fourth-order valence-corrected chi connectivity index (χ4v) is 1.62. The van der Waals surface area contributed by atoms with Crippen molar-refractivity contribution in [2.75, 3.05) is 0 Å². The van der Waals surface area contributed by atoms with Crippen LogP contribution in [0.15, 0.2) is 30.3 Å². The van der Waals surface area contributed by atoms with Gasteiger partial charge in [-0.25, -0.2) is 0 Å². The molecule has 1 atom stereocenters. The summed E-state index contributed by atoms with van der Waals surface area (Å²) in [6.07, 6.45) is 0.892. The van der Waals surface area contributed by atoms with E-state index in [4.69, 9.17) is 0 Å². The van der Waals surface area contributed by atoms with Crippen LogP contribution in [-0.4, -0.2) is 11.8 Å². The minimum Gasteiger partial charge on any atom is -0.272 e. The smallest absolute Gasteiger partial charge is 0.252 e. The summed E-state index contributed by atoms with van der Waals surface area (Å²) in [6.45, 7) is 0. The van der Waals surface area contributed by atoms with Crippen molar-refractivity contribution in [1.29, 1.82) is 0 Å². The second kappa shape index (κ2) is 3.62. The summed E-state index contributed by atoms with van der Waals surface area (Å²) in [6, 6.07) is 9.68. The van der Waals surface area contributed by atoms with E-state index >= 15 is 0 Å². The Hall–Kier alpha value is -1.64. The van der Waals surface area contributed by atoms with Crippen LogP contribution < -0.4 is 5.32 Å². The SMILES string of the molecule is O=C1CC(Cc2ccccc2)C(=O)[N]1. The molecule has 1 aromatic rings. The molecule has 71 valence electrons. The normalized spacial score (nSPS) is 21.0. The second-order valence-electron chi connectivity index (χ2n) is 3.43. The molecule has 0 N–H and O–H groups in total. The molecule has 3 heteroatoms. The summed E-state index contributed by atoms with van der Waals surface area (Å²) >= 11 is 0. The van der Waals surface area contributed by atoms with Gasteiger partial charge in [-0.05, 0) is 12.0 Å². The fourth-order valence-electron chi connectivity index (χ4n) is 1.62. The van der Waals surface area contributed by atoms with Crippen LogP contribution in [0.5, 0.6) is 0 Å². The maximum atomic E-state index is 11.2. The van der Waals surface area contributed by atoms with Gasteiger partial charge in [0.1, 0.15) is 0 Å². The minimum absolute atomic E-state index is 0.232. The Morgan fingerprint density at radius 1 is 1.21 bits per heavy atom. The number of carbonyl (C=O) groups excluding carboxylic acids is 2. The lowest BCUT2D eigenvalue weighted by molar-refractivity contribution is -0.126. The van der Waals surface area contributed by atoms with Crippen LogP contribution >= 0.6 is 0 Å². The van der Waals surface area contributed by atoms with Gasteiger partial charge in [0.05, 0.1) is 5.92 Å². The third-order valence-electron chi connectivity index (χ3n) is 2.33. The summed E-state index contributed by atoms with van der Waals surface area (Å²) < 4.78 is 0. The number of amides is 2. The summed E-state index contributed by atoms with van der Waals surface area (Å²) in [7, 11) is 0. The Morgan fingerprint density at radius 2 is 1.93 bits per heavy atom. The van der Waals surface area contributed by atoms with Crippen molar-refractivity contribution >= 4 is 11.8 Å². The Kier molecular flexibility index (Phi) is 2.31. The Bertz CT molecular complexity index is 359. The Labute approximate surface area is 82.1 Å². The molecule has 1 aromatic carbocycles. The number of hydrogen-bond acceptors (Lipinski definition) is 2. The molecule has 1 unspecified atom stereocenters. The lowest BCUT2D eigenvalue weighted by atomic mass is 9.98. The summed E-state index contributed by atoms with van der Waals surface area (Å²) in [5, 5.41) is 3.39. The molecule has 1 aliphatic heterocycles. The standard InChI is InChI=1S/C11H10NO2/c13-10-7-9(11(14)12-10)6-8-4-2-1-3-5-8/h1-5,9H,6-7H2. The van der Waals surface area contributed by atoms with Crippen molar-refractivity contribution in [2.24, 2.45) is 5.92 Å². The van der Waals surface area contributed by atoms with Crippen LogP contribution in [0.4, 0.5) is 0 Å². The highest BCUT2D eigenvalue weighted by atomic mass is 16.2. The number of hydrogen-bond donors (Lipinski definition) is 0. The van der Waals surface area contributed by atoms with Crippen LogP contribution in [0.2, 0.25) is 0 Å². The molecule has 1 saturated heterocycles. The highest BCUT2D eigenvalue weighted by molar-refractivity contribution is 6.03. The van der Waals surface area contributed by atoms with E-state index in [1.54, 1.807) is 0 Å². The van der Waals surface area contributed by atoms with Crippen LogP contribution in [0.3, 0.4) is 0 Å². The lowest BCUT2D eigenvalue weighted by Crippen LogP contribution is -2.16. The van der Waals surface area contributed by atoms with Gasteiger partial charge in [-0.2, -0.15) is 5.32 Å². The van der Waals surface area contributed by atoms with E-state index in [9.17, 15) is 9.59 Å². The molecular formula is C11H10NO2. The van der Waals surface area contributed by atoms with Gasteiger partial charge in [-0.3, -0.25) is 9.59 Å². The van der Waals surface area contributed by atoms with Gasteiger partial charge < -0.3 is 0 Å². The van der Waals surface area contributed by atoms with Crippen molar-refractivity contribution in [1.82, 2.24) is 5.32 Å². The first-order valence-electron chi connectivity index (χ1n) is 4.58. The lowest BCUT2D eigenvalue weighted by Gasteiger charge is -2.04. The highest BCUT2D eigenvalue weighted by Crippen LogP contribution is 2.17. The number of carbonyl (C=O) groups is 2. The average molecular weight is 188 g/mol. The molecule has 0 saturated carbocycles. The van der Waals surface area contributed by atoms with E-state index in [0.29, 0.717) is 6.42 Å². The summed E-state index contributed by atoms with van der Waals surface area (Å²) in [5.74, 6) is -0.778. The molecule has 0 aliphatic carbocycles. The van der Waals surface area contributed by atoms with E-state index in [0.717, 1.165) is 5.56 Å². The van der Waals surface area contributed by atoms with E-state index in [1.807, 2.05) is 30.3 Å². The number of nitrogens with zero attached hydrogens (tertiary/aromatic N) is 1. The molecule has 14 heavy (non-hydrogen) atoms. The molecule has 2 rings (SSSR count). The van der Waals surface area contributed by atoms with Gasteiger partial charge >= 0.3 is 0 Å². The number of benzene rings is 1. The van der Waals surface area contributed by atoms with Gasteiger partial charge in [0, 0.05) is 6.42 Å². The van der Waals surface area contributed by atoms with Crippen LogP contribution in [0.25, 0.3) is 0 Å². The second-order valence-corrected chi connectivity index (χ2v) is 3.43. The van der Waals surface area contributed by atoms with Gasteiger partial charge in [0.2, 0.25) is 5.91 Å². The van der Waals surface area contributed by atoms with Crippen molar-refractivity contribution < 1.29 is 9.59 Å². The number of rotatable bonds is 2. The Morgan fingerprint density at radius 3 is 2.50 bits per heavy atom. The van der Waals surface area contributed by atoms with Gasteiger partial charge in [-0.1, -0.05) is 30.3 Å². The van der Waals surface area contributed by atoms with Crippen LogP contribution in [0.1, 0.15) is 12.0 Å². The molecule has 1 radical (unpaired) electrons. The van der Waals surface area contributed by atoms with E-state index in [1.165, 1.54) is 0 Å². The van der Waals surface area contributed by atoms with Crippen molar-refractivity contribution in [3.63, 3.8) is 0 Å². The first-order chi connectivity index (χ1) is 6.75. The van der Waals surface area contributed by atoms with E-state index in [2.05, 4.69) is 5.32 Å². The largest absolute Gasteiger partial charge is 0.272 e. The van der Waals surface area contributed by atoms with Gasteiger partial charge in [0.15, 0.2) is 0 Å². The predicted molar refractivity (Wildman–Crippen MR) is 50.4 cm³/mol. The molecular weight excluding hydrogens is 178 g/mol. The molecule has 1 heterocycles. The van der Waals surface area contributed by atoms with Gasteiger partial charge in [-0.15, -0.1) is 0 Å². The molecule has 1 aliphatic rings. The zero-order valence-corrected chi connectivity index (χ0v) is 7.64. The summed E-state index contributed by atoms with van der Waals surface area (Å²) in [5.41, 5.74) is 1.08. The maximum absolute atomic E-state index is 11.2. The monoisotopic (exact) mass is 188 g/mol. The first kappa shape index (κ1) is 8.94. The van der Waals surface area contributed by atoms with Crippen LogP contribution in [-0.2, 0) is 16.0 Å². The topological polar surface area (TPSA) is 48.2 Å². The molecule has 0 spiro atoms. The van der Waals surface area contributed by atoms with Crippen molar-refractivity contribution in [3.8, 4) is 0 Å². The third-order valence-corrected chi connectivity index (χ3v) is 2.33. The molecule has 1 fully saturated rings. The third kappa shape index (κ3) is 1.82. The van der Waals surface area contributed by atoms with Crippen molar-refractivity contribution in [2.45, 2.75) is 12.8 Å². The zero-order chi connectivity index (χ0) is 9.97. The minimum atomic E-state index is -0.282. The Balaban J connectivity index is 2.05. The predicted octanol–water partition coefficient (Wildman–Crippen LogP) is 0.907. The molecule has 0 bridgehead atoms. The molecule has 3 nitrogen and oxygen atoms in total. The molecule has 0 aromatic heterocycles. The fraction of sp³-hybridized carbons (Fsp3) is 0.273. The van der Waals surface area contributed by atoms with Crippen molar-refractivity contribution in [3.05, 3.63) is 35.9 Å². The van der Waals surface area contributed by atoms with Crippen LogP contribution in [0, 0.1) is 5.92 Å². The maximum Gasteiger partial charge on any atom is 0.252 e. The van der Waals surface area contributed by atoms with E-state index < -0.39 is 0 Å². The summed E-state index contributed by atoms with van der Waals surface area (Å²) in [4.78, 5) is 22.1. The average Bonchev–Trinajstić information content (AvgIpc) is 2.47. The van der Waals surface area contributed by atoms with Gasteiger partial charge in [0.25, 0.3) is 5.91 Å². The number of imide groups is 1. The zero-order valence-electron chi connectivity index (χ0n) is 7.64. The quantitative estimate of drug-likeness (QED) is 0.647. The highest BCUT2D eigenvalue weighted by Gasteiger charge is 2.32. The molecule has 2 amide bonds.